The van der Waals surface area contributed by atoms with E-state index in [1.165, 1.54) is 30.2 Å². The van der Waals surface area contributed by atoms with Crippen LogP contribution in [0.3, 0.4) is 0 Å². The Labute approximate surface area is 162 Å². The minimum atomic E-state index is -0.0517. The molecule has 27 heavy (non-hydrogen) atoms. The second-order valence-corrected chi connectivity index (χ2v) is 7.44. The van der Waals surface area contributed by atoms with Crippen molar-refractivity contribution in [3.8, 4) is 11.5 Å². The fourth-order valence-corrected chi connectivity index (χ4v) is 3.75. The highest BCUT2D eigenvalue weighted by Gasteiger charge is 2.23. The molecule has 138 valence electrons. The summed E-state index contributed by atoms with van der Waals surface area (Å²) in [6, 6.07) is 13.9. The third-order valence-electron chi connectivity index (χ3n) is 4.50. The van der Waals surface area contributed by atoms with Crippen molar-refractivity contribution in [3.05, 3.63) is 54.2 Å². The molecule has 0 unspecified atom stereocenters. The van der Waals surface area contributed by atoms with Gasteiger partial charge < -0.3 is 9.88 Å². The van der Waals surface area contributed by atoms with Crippen molar-refractivity contribution in [2.24, 2.45) is 0 Å². The van der Waals surface area contributed by atoms with Crippen LogP contribution in [-0.4, -0.2) is 31.4 Å². The highest BCUT2D eigenvalue weighted by molar-refractivity contribution is 7.99. The lowest BCUT2D eigenvalue weighted by atomic mass is 10.1. The maximum absolute atomic E-state index is 12.3. The summed E-state index contributed by atoms with van der Waals surface area (Å²) in [7, 11) is 0. The Bertz CT molecular complexity index is 919. The standard InChI is InChI=1S/C20H21N5OS/c1-2-25-19(17-5-3-4-12-21-17)23-24-20(25)27-13-18(26)22-16-10-8-15(9-11-16)14-6-7-14/h3-5,8-12,14H,2,6-7,13H2,1H3,(H,22,26). The van der Waals surface area contributed by atoms with Crippen molar-refractivity contribution in [3.63, 3.8) is 0 Å². The van der Waals surface area contributed by atoms with E-state index in [0.717, 1.165) is 28.3 Å². The molecule has 3 aromatic rings. The Hall–Kier alpha value is -2.67. The molecule has 0 radical (unpaired) electrons. The summed E-state index contributed by atoms with van der Waals surface area (Å²) in [6.45, 7) is 2.74. The molecule has 6 nitrogen and oxygen atoms in total. The average molecular weight is 379 g/mol. The van der Waals surface area contributed by atoms with E-state index >= 15 is 0 Å². The van der Waals surface area contributed by atoms with E-state index in [1.807, 2.05) is 41.8 Å². The van der Waals surface area contributed by atoms with Crippen LogP contribution in [0.2, 0.25) is 0 Å². The topological polar surface area (TPSA) is 72.7 Å². The van der Waals surface area contributed by atoms with Gasteiger partial charge in [-0.05, 0) is 55.5 Å². The van der Waals surface area contributed by atoms with Gasteiger partial charge in [-0.2, -0.15) is 0 Å². The molecular weight excluding hydrogens is 358 g/mol. The van der Waals surface area contributed by atoms with Gasteiger partial charge >= 0.3 is 0 Å². The Balaban J connectivity index is 1.38. The first-order valence-corrected chi connectivity index (χ1v) is 10.1. The molecule has 1 N–H and O–H groups in total. The molecule has 7 heteroatoms. The summed E-state index contributed by atoms with van der Waals surface area (Å²) in [5, 5.41) is 12.2. The van der Waals surface area contributed by atoms with Gasteiger partial charge in [0.15, 0.2) is 11.0 Å². The number of rotatable bonds is 7. The van der Waals surface area contributed by atoms with Crippen LogP contribution in [0.25, 0.3) is 11.5 Å². The van der Waals surface area contributed by atoms with E-state index in [0.29, 0.717) is 6.54 Å². The van der Waals surface area contributed by atoms with Crippen LogP contribution in [0.4, 0.5) is 5.69 Å². The molecule has 2 heterocycles. The number of thioether (sulfide) groups is 1. The Morgan fingerprint density at radius 3 is 2.67 bits per heavy atom. The van der Waals surface area contributed by atoms with E-state index < -0.39 is 0 Å². The lowest BCUT2D eigenvalue weighted by molar-refractivity contribution is -0.113. The summed E-state index contributed by atoms with van der Waals surface area (Å²) in [5.74, 6) is 1.67. The molecule has 1 saturated carbocycles. The molecule has 4 rings (SSSR count). The van der Waals surface area contributed by atoms with Gasteiger partial charge in [0.25, 0.3) is 0 Å². The molecule has 1 amide bonds. The third-order valence-corrected chi connectivity index (χ3v) is 5.47. The van der Waals surface area contributed by atoms with Crippen LogP contribution in [0, 0.1) is 0 Å². The zero-order valence-electron chi connectivity index (χ0n) is 15.1. The Kier molecular flexibility index (Phi) is 5.20. The number of nitrogens with zero attached hydrogens (tertiary/aromatic N) is 4. The SMILES string of the molecule is CCn1c(SCC(=O)Nc2ccc(C3CC3)cc2)nnc1-c1ccccn1. The number of anilines is 1. The molecule has 0 spiro atoms. The van der Waals surface area contributed by atoms with Crippen LogP contribution in [0.1, 0.15) is 31.2 Å². The summed E-state index contributed by atoms with van der Waals surface area (Å²) in [4.78, 5) is 16.6. The molecule has 1 fully saturated rings. The number of benzene rings is 1. The largest absolute Gasteiger partial charge is 0.325 e. The molecule has 0 bridgehead atoms. The maximum atomic E-state index is 12.3. The van der Waals surface area contributed by atoms with Crippen molar-refractivity contribution in [1.82, 2.24) is 19.7 Å². The number of amides is 1. The lowest BCUT2D eigenvalue weighted by Crippen LogP contribution is -2.14. The van der Waals surface area contributed by atoms with Gasteiger partial charge in [-0.1, -0.05) is 30.0 Å². The number of nitrogens with one attached hydrogen (secondary N) is 1. The first kappa shape index (κ1) is 17.7. The Morgan fingerprint density at radius 1 is 1.19 bits per heavy atom. The van der Waals surface area contributed by atoms with Crippen molar-refractivity contribution in [2.45, 2.75) is 37.4 Å². The second kappa shape index (κ2) is 7.92. The highest BCUT2D eigenvalue weighted by atomic mass is 32.2. The van der Waals surface area contributed by atoms with Crippen molar-refractivity contribution in [1.29, 1.82) is 0 Å². The lowest BCUT2D eigenvalue weighted by Gasteiger charge is -2.08. The average Bonchev–Trinajstić information content (AvgIpc) is 3.47. The number of aromatic nitrogens is 4. The predicted molar refractivity (Wildman–Crippen MR) is 107 cm³/mol. The van der Waals surface area contributed by atoms with E-state index in [9.17, 15) is 4.79 Å². The van der Waals surface area contributed by atoms with Crippen LogP contribution >= 0.6 is 11.8 Å². The number of hydrogen-bond acceptors (Lipinski definition) is 5. The van der Waals surface area contributed by atoms with Gasteiger partial charge in [-0.3, -0.25) is 9.78 Å². The van der Waals surface area contributed by atoms with Crippen LogP contribution < -0.4 is 5.32 Å². The monoisotopic (exact) mass is 379 g/mol. The Morgan fingerprint density at radius 2 is 2.00 bits per heavy atom. The van der Waals surface area contributed by atoms with Gasteiger partial charge in [-0.25, -0.2) is 0 Å². The van der Waals surface area contributed by atoms with E-state index in [1.54, 1.807) is 6.20 Å². The van der Waals surface area contributed by atoms with Crippen molar-refractivity contribution >= 4 is 23.4 Å². The summed E-state index contributed by atoms with van der Waals surface area (Å²) < 4.78 is 1.98. The molecule has 0 aliphatic heterocycles. The number of carbonyl (C=O) groups excluding carboxylic acids is 1. The maximum Gasteiger partial charge on any atom is 0.234 e. The highest BCUT2D eigenvalue weighted by Crippen LogP contribution is 2.40. The molecule has 1 aromatic carbocycles. The fourth-order valence-electron chi connectivity index (χ4n) is 2.95. The number of pyridine rings is 1. The quantitative estimate of drug-likeness (QED) is 0.629. The van der Waals surface area contributed by atoms with Gasteiger partial charge in [0.1, 0.15) is 5.69 Å². The minimum absolute atomic E-state index is 0.0517. The zero-order valence-corrected chi connectivity index (χ0v) is 15.9. The van der Waals surface area contributed by atoms with Crippen LogP contribution in [0.15, 0.2) is 53.8 Å². The molecule has 1 aliphatic rings. The number of carbonyl (C=O) groups is 1. The van der Waals surface area contributed by atoms with Gasteiger partial charge in [0.2, 0.25) is 5.91 Å². The van der Waals surface area contributed by atoms with E-state index in [-0.39, 0.29) is 11.7 Å². The molecule has 0 atom stereocenters. The number of hydrogen-bond donors (Lipinski definition) is 1. The summed E-state index contributed by atoms with van der Waals surface area (Å²) >= 11 is 1.38. The smallest absolute Gasteiger partial charge is 0.234 e. The fraction of sp³-hybridized carbons (Fsp3) is 0.300. The first-order chi connectivity index (χ1) is 13.2. The van der Waals surface area contributed by atoms with Gasteiger partial charge in [-0.15, -0.1) is 10.2 Å². The predicted octanol–water partition coefficient (Wildman–Crippen LogP) is 3.97. The summed E-state index contributed by atoms with van der Waals surface area (Å²) in [5.41, 5.74) is 2.97. The van der Waals surface area contributed by atoms with E-state index in [2.05, 4.69) is 32.6 Å². The molecule has 1 aliphatic carbocycles. The van der Waals surface area contributed by atoms with Crippen molar-refractivity contribution in [2.75, 3.05) is 11.1 Å². The molecule has 2 aromatic heterocycles. The van der Waals surface area contributed by atoms with Gasteiger partial charge in [0, 0.05) is 18.4 Å². The van der Waals surface area contributed by atoms with Crippen LogP contribution in [-0.2, 0) is 11.3 Å². The molecule has 0 saturated heterocycles. The van der Waals surface area contributed by atoms with Gasteiger partial charge in [0.05, 0.1) is 5.75 Å². The van der Waals surface area contributed by atoms with Crippen LogP contribution in [0.5, 0.6) is 0 Å². The summed E-state index contributed by atoms with van der Waals surface area (Å²) in [6.07, 6.45) is 4.29. The zero-order chi connectivity index (χ0) is 18.6. The third kappa shape index (κ3) is 4.19. The minimum Gasteiger partial charge on any atom is -0.325 e. The molecular formula is C20H21N5OS. The van der Waals surface area contributed by atoms with Crippen molar-refractivity contribution < 1.29 is 4.79 Å². The normalized spacial score (nSPS) is 13.5. The van der Waals surface area contributed by atoms with E-state index in [4.69, 9.17) is 0 Å². The first-order valence-electron chi connectivity index (χ1n) is 9.12. The second-order valence-electron chi connectivity index (χ2n) is 6.50.